The first-order valence-electron chi connectivity index (χ1n) is 7.03. The van der Waals surface area contributed by atoms with E-state index in [0.29, 0.717) is 17.9 Å². The van der Waals surface area contributed by atoms with Gasteiger partial charge < -0.3 is 14.6 Å². The van der Waals surface area contributed by atoms with E-state index in [1.54, 1.807) is 0 Å². The monoisotopic (exact) mass is 252 g/mol. The highest BCUT2D eigenvalue weighted by molar-refractivity contribution is 5.26. The molecule has 0 saturated heterocycles. The maximum absolute atomic E-state index is 5.78. The second-order valence-electron chi connectivity index (χ2n) is 5.01. The SMILES string of the molecule is CCN(c1nnc(C(C)NC)o1)C1CCCCC1. The van der Waals surface area contributed by atoms with E-state index in [9.17, 15) is 0 Å². The topological polar surface area (TPSA) is 54.2 Å². The first-order valence-corrected chi connectivity index (χ1v) is 7.03. The Morgan fingerprint density at radius 1 is 1.33 bits per heavy atom. The van der Waals surface area contributed by atoms with Crippen LogP contribution in [0.1, 0.15) is 57.9 Å². The molecule has 1 heterocycles. The lowest BCUT2D eigenvalue weighted by Gasteiger charge is -2.31. The highest BCUT2D eigenvalue weighted by atomic mass is 16.4. The molecular formula is C13H24N4O. The molecule has 0 amide bonds. The summed E-state index contributed by atoms with van der Waals surface area (Å²) in [5.41, 5.74) is 0. The van der Waals surface area contributed by atoms with E-state index in [4.69, 9.17) is 4.42 Å². The number of hydrogen-bond acceptors (Lipinski definition) is 5. The van der Waals surface area contributed by atoms with Crippen molar-refractivity contribution in [2.24, 2.45) is 0 Å². The van der Waals surface area contributed by atoms with Crippen molar-refractivity contribution in [1.29, 1.82) is 0 Å². The summed E-state index contributed by atoms with van der Waals surface area (Å²) in [4.78, 5) is 2.26. The van der Waals surface area contributed by atoms with Crippen molar-refractivity contribution >= 4 is 6.01 Å². The van der Waals surface area contributed by atoms with E-state index in [1.165, 1.54) is 32.1 Å². The first kappa shape index (κ1) is 13.3. The van der Waals surface area contributed by atoms with Crippen molar-refractivity contribution in [1.82, 2.24) is 15.5 Å². The van der Waals surface area contributed by atoms with E-state index >= 15 is 0 Å². The zero-order chi connectivity index (χ0) is 13.0. The summed E-state index contributed by atoms with van der Waals surface area (Å²) in [6.07, 6.45) is 6.48. The standard InChI is InChI=1S/C13H24N4O/c1-4-17(11-8-6-5-7-9-11)13-16-15-12(18-13)10(2)14-3/h10-11,14H,4-9H2,1-3H3. The molecule has 1 unspecified atom stereocenters. The van der Waals surface area contributed by atoms with Crippen LogP contribution in [0.25, 0.3) is 0 Å². The molecule has 0 aliphatic heterocycles. The average molecular weight is 252 g/mol. The van der Waals surface area contributed by atoms with Crippen LogP contribution in [0.4, 0.5) is 6.01 Å². The molecule has 1 saturated carbocycles. The van der Waals surface area contributed by atoms with Crippen molar-refractivity contribution in [2.75, 3.05) is 18.5 Å². The lowest BCUT2D eigenvalue weighted by molar-refractivity contribution is 0.379. The molecule has 0 radical (unpaired) electrons. The van der Waals surface area contributed by atoms with Crippen molar-refractivity contribution in [3.8, 4) is 0 Å². The van der Waals surface area contributed by atoms with E-state index in [0.717, 1.165) is 6.54 Å². The quantitative estimate of drug-likeness (QED) is 0.872. The summed E-state index contributed by atoms with van der Waals surface area (Å²) in [6, 6.07) is 1.36. The van der Waals surface area contributed by atoms with Crippen LogP contribution in [-0.2, 0) is 0 Å². The second-order valence-corrected chi connectivity index (χ2v) is 5.01. The van der Waals surface area contributed by atoms with E-state index < -0.39 is 0 Å². The van der Waals surface area contributed by atoms with Gasteiger partial charge in [0.1, 0.15) is 0 Å². The van der Waals surface area contributed by atoms with Gasteiger partial charge in [0.05, 0.1) is 6.04 Å². The van der Waals surface area contributed by atoms with Crippen LogP contribution in [-0.4, -0.2) is 29.8 Å². The van der Waals surface area contributed by atoms with Gasteiger partial charge in [-0.3, -0.25) is 0 Å². The van der Waals surface area contributed by atoms with Crippen LogP contribution in [0.15, 0.2) is 4.42 Å². The van der Waals surface area contributed by atoms with Gasteiger partial charge in [0.2, 0.25) is 5.89 Å². The number of nitrogens with one attached hydrogen (secondary N) is 1. The van der Waals surface area contributed by atoms with Crippen molar-refractivity contribution in [3.63, 3.8) is 0 Å². The average Bonchev–Trinajstić information content (AvgIpc) is 2.89. The van der Waals surface area contributed by atoms with E-state index in [-0.39, 0.29) is 6.04 Å². The number of hydrogen-bond donors (Lipinski definition) is 1. The fraction of sp³-hybridized carbons (Fsp3) is 0.846. The molecule has 0 spiro atoms. The molecule has 5 nitrogen and oxygen atoms in total. The van der Waals surface area contributed by atoms with E-state index in [1.807, 2.05) is 14.0 Å². The molecule has 1 aliphatic rings. The van der Waals surface area contributed by atoms with Crippen LogP contribution >= 0.6 is 0 Å². The van der Waals surface area contributed by atoms with Crippen LogP contribution in [0.3, 0.4) is 0 Å². The minimum Gasteiger partial charge on any atom is -0.406 e. The van der Waals surface area contributed by atoms with Gasteiger partial charge >= 0.3 is 6.01 Å². The number of anilines is 1. The molecule has 0 aromatic carbocycles. The summed E-state index contributed by atoms with van der Waals surface area (Å²) < 4.78 is 5.78. The Bertz CT molecular complexity index is 360. The van der Waals surface area contributed by atoms with Crippen molar-refractivity contribution in [2.45, 2.75) is 58.0 Å². The molecular weight excluding hydrogens is 228 g/mol. The van der Waals surface area contributed by atoms with Crippen LogP contribution in [0, 0.1) is 0 Å². The Morgan fingerprint density at radius 2 is 2.06 bits per heavy atom. The number of nitrogens with zero attached hydrogens (tertiary/aromatic N) is 3. The summed E-state index contributed by atoms with van der Waals surface area (Å²) in [5.74, 6) is 0.668. The molecule has 2 rings (SSSR count). The summed E-state index contributed by atoms with van der Waals surface area (Å²) in [7, 11) is 1.90. The minimum atomic E-state index is 0.108. The molecule has 1 aromatic heterocycles. The van der Waals surface area contributed by atoms with E-state index in [2.05, 4.69) is 27.3 Å². The highest BCUT2D eigenvalue weighted by Crippen LogP contribution is 2.27. The lowest BCUT2D eigenvalue weighted by atomic mass is 9.94. The van der Waals surface area contributed by atoms with Gasteiger partial charge in [-0.05, 0) is 33.7 Å². The van der Waals surface area contributed by atoms with Crippen LogP contribution in [0.5, 0.6) is 0 Å². The molecule has 1 fully saturated rings. The predicted octanol–water partition coefficient (Wildman–Crippen LogP) is 2.51. The fourth-order valence-electron chi connectivity index (χ4n) is 2.58. The Hall–Kier alpha value is -1.10. The van der Waals surface area contributed by atoms with Gasteiger partial charge in [0, 0.05) is 12.6 Å². The predicted molar refractivity (Wildman–Crippen MR) is 71.7 cm³/mol. The smallest absolute Gasteiger partial charge is 0.318 e. The van der Waals surface area contributed by atoms with Crippen molar-refractivity contribution < 1.29 is 4.42 Å². The Morgan fingerprint density at radius 3 is 2.67 bits per heavy atom. The molecule has 1 atom stereocenters. The molecule has 1 aromatic rings. The number of rotatable bonds is 5. The molecule has 0 bridgehead atoms. The third kappa shape index (κ3) is 2.83. The lowest BCUT2D eigenvalue weighted by Crippen LogP contribution is -2.36. The maximum Gasteiger partial charge on any atom is 0.318 e. The first-order chi connectivity index (χ1) is 8.76. The van der Waals surface area contributed by atoms with Gasteiger partial charge in [-0.15, -0.1) is 5.10 Å². The molecule has 102 valence electrons. The maximum atomic E-state index is 5.78. The zero-order valence-electron chi connectivity index (χ0n) is 11.6. The summed E-state index contributed by atoms with van der Waals surface area (Å²) >= 11 is 0. The third-order valence-electron chi connectivity index (χ3n) is 3.84. The Balaban J connectivity index is 2.09. The zero-order valence-corrected chi connectivity index (χ0v) is 11.6. The third-order valence-corrected chi connectivity index (χ3v) is 3.84. The molecule has 5 heteroatoms. The van der Waals surface area contributed by atoms with Crippen LogP contribution in [0.2, 0.25) is 0 Å². The summed E-state index contributed by atoms with van der Waals surface area (Å²) in [5, 5.41) is 11.4. The molecule has 1 aliphatic carbocycles. The summed E-state index contributed by atoms with van der Waals surface area (Å²) in [6.45, 7) is 5.11. The number of aromatic nitrogens is 2. The Labute approximate surface area is 109 Å². The van der Waals surface area contributed by atoms with Gasteiger partial charge in [0.15, 0.2) is 0 Å². The fourth-order valence-corrected chi connectivity index (χ4v) is 2.58. The van der Waals surface area contributed by atoms with Crippen LogP contribution < -0.4 is 10.2 Å². The van der Waals surface area contributed by atoms with Gasteiger partial charge in [-0.1, -0.05) is 24.4 Å². The normalized spacial score (nSPS) is 18.8. The highest BCUT2D eigenvalue weighted by Gasteiger charge is 2.24. The second kappa shape index (κ2) is 6.18. The minimum absolute atomic E-state index is 0.108. The van der Waals surface area contributed by atoms with Crippen molar-refractivity contribution in [3.05, 3.63) is 5.89 Å². The van der Waals surface area contributed by atoms with Gasteiger partial charge in [0.25, 0.3) is 0 Å². The Kier molecular flexibility index (Phi) is 4.58. The van der Waals surface area contributed by atoms with Gasteiger partial charge in [-0.25, -0.2) is 0 Å². The molecule has 1 N–H and O–H groups in total. The largest absolute Gasteiger partial charge is 0.406 e. The van der Waals surface area contributed by atoms with Gasteiger partial charge in [-0.2, -0.15) is 0 Å². The molecule has 18 heavy (non-hydrogen) atoms.